The minimum absolute atomic E-state index is 0.236. The molecule has 0 aromatic heterocycles. The summed E-state index contributed by atoms with van der Waals surface area (Å²) in [5.74, 6) is 0.0982. The monoisotopic (exact) mass is 306 g/mol. The van der Waals surface area contributed by atoms with E-state index in [-0.39, 0.29) is 12.4 Å². The number of unbranched alkanes of at least 4 members (excludes halogenated alkanes) is 5. The van der Waals surface area contributed by atoms with Gasteiger partial charge in [0, 0.05) is 12.7 Å². The molecule has 1 aromatic carbocycles. The van der Waals surface area contributed by atoms with Gasteiger partial charge in [-0.1, -0.05) is 31.7 Å². The van der Waals surface area contributed by atoms with Gasteiger partial charge in [-0.2, -0.15) is 0 Å². The third kappa shape index (κ3) is 9.18. The highest BCUT2D eigenvalue weighted by Crippen LogP contribution is 2.26. The highest BCUT2D eigenvalue weighted by molar-refractivity contribution is 5.33. The van der Waals surface area contributed by atoms with E-state index in [1.807, 2.05) is 0 Å². The first kappa shape index (κ1) is 17.6. The van der Waals surface area contributed by atoms with E-state index >= 15 is 0 Å². The van der Waals surface area contributed by atoms with Crippen LogP contribution < -0.4 is 9.47 Å². The molecule has 21 heavy (non-hydrogen) atoms. The summed E-state index contributed by atoms with van der Waals surface area (Å²) in [5, 5.41) is 8.63. The van der Waals surface area contributed by atoms with Crippen molar-refractivity contribution in [1.29, 1.82) is 0 Å². The molecule has 1 rings (SSSR count). The Morgan fingerprint density at radius 3 is 2.19 bits per heavy atom. The molecule has 0 amide bonds. The van der Waals surface area contributed by atoms with Crippen LogP contribution >= 0.6 is 0 Å². The lowest BCUT2D eigenvalue weighted by molar-refractivity contribution is -0.274. The van der Waals surface area contributed by atoms with Crippen molar-refractivity contribution in [1.82, 2.24) is 0 Å². The van der Waals surface area contributed by atoms with Gasteiger partial charge in [-0.25, -0.2) is 0 Å². The zero-order chi connectivity index (χ0) is 15.6. The van der Waals surface area contributed by atoms with E-state index in [9.17, 15) is 13.2 Å². The molecule has 0 saturated heterocycles. The number of aliphatic hydroxyl groups excluding tert-OH is 1. The summed E-state index contributed by atoms with van der Waals surface area (Å²) in [6, 6.07) is 5.53. The number of benzene rings is 1. The van der Waals surface area contributed by atoms with Crippen LogP contribution in [0.5, 0.6) is 11.5 Å². The number of rotatable bonds is 10. The maximum Gasteiger partial charge on any atom is 0.573 e. The molecule has 0 aliphatic rings. The fraction of sp³-hybridized carbons (Fsp3) is 0.600. The van der Waals surface area contributed by atoms with E-state index in [0.717, 1.165) is 38.5 Å². The lowest BCUT2D eigenvalue weighted by Crippen LogP contribution is -2.17. The molecule has 0 bridgehead atoms. The number of aliphatic hydroxyl groups is 1. The Kier molecular flexibility index (Phi) is 7.97. The average molecular weight is 306 g/mol. The van der Waals surface area contributed by atoms with E-state index in [4.69, 9.17) is 9.84 Å². The zero-order valence-electron chi connectivity index (χ0n) is 11.9. The second-order valence-electron chi connectivity index (χ2n) is 4.72. The maximum atomic E-state index is 12.1. The summed E-state index contributed by atoms with van der Waals surface area (Å²) in [5.41, 5.74) is 0. The molecule has 0 spiro atoms. The van der Waals surface area contributed by atoms with Gasteiger partial charge < -0.3 is 14.6 Å². The lowest BCUT2D eigenvalue weighted by Gasteiger charge is -2.11. The molecule has 120 valence electrons. The van der Waals surface area contributed by atoms with Gasteiger partial charge in [-0.05, 0) is 25.0 Å². The van der Waals surface area contributed by atoms with Crippen molar-refractivity contribution in [3.05, 3.63) is 24.3 Å². The molecule has 0 aliphatic heterocycles. The number of hydrogen-bond acceptors (Lipinski definition) is 3. The summed E-state index contributed by atoms with van der Waals surface area (Å²) >= 11 is 0. The second kappa shape index (κ2) is 9.50. The minimum Gasteiger partial charge on any atom is -0.493 e. The molecule has 6 heteroatoms. The van der Waals surface area contributed by atoms with E-state index < -0.39 is 6.36 Å². The Labute approximate surface area is 122 Å². The highest BCUT2D eigenvalue weighted by atomic mass is 19.4. The predicted octanol–water partition coefficient (Wildman–Crippen LogP) is 4.30. The van der Waals surface area contributed by atoms with Gasteiger partial charge in [0.05, 0.1) is 6.61 Å². The fourth-order valence-corrected chi connectivity index (χ4v) is 1.87. The Morgan fingerprint density at radius 2 is 1.52 bits per heavy atom. The SMILES string of the molecule is OCCCCCCCCOc1cccc(OC(F)(F)F)c1. The Hall–Kier alpha value is -1.43. The largest absolute Gasteiger partial charge is 0.573 e. The number of hydrogen-bond donors (Lipinski definition) is 1. The molecule has 0 fully saturated rings. The standard InChI is InChI=1S/C15H21F3O3/c16-15(17,18)21-14-9-7-8-13(12-14)20-11-6-4-2-1-3-5-10-19/h7-9,12,19H,1-6,10-11H2. The first-order valence-electron chi connectivity index (χ1n) is 7.11. The lowest BCUT2D eigenvalue weighted by atomic mass is 10.1. The van der Waals surface area contributed by atoms with E-state index in [2.05, 4.69) is 4.74 Å². The smallest absolute Gasteiger partial charge is 0.493 e. The van der Waals surface area contributed by atoms with Crippen molar-refractivity contribution in [3.8, 4) is 11.5 Å². The summed E-state index contributed by atoms with van der Waals surface area (Å²) < 4.78 is 45.4. The molecular weight excluding hydrogens is 285 g/mol. The molecule has 0 unspecified atom stereocenters. The van der Waals surface area contributed by atoms with Crippen molar-refractivity contribution in [3.63, 3.8) is 0 Å². The van der Waals surface area contributed by atoms with Crippen LogP contribution in [0.15, 0.2) is 24.3 Å². The van der Waals surface area contributed by atoms with Gasteiger partial charge >= 0.3 is 6.36 Å². The van der Waals surface area contributed by atoms with Crippen LogP contribution in [0.3, 0.4) is 0 Å². The summed E-state index contributed by atoms with van der Waals surface area (Å²) in [7, 11) is 0. The molecule has 3 nitrogen and oxygen atoms in total. The van der Waals surface area contributed by atoms with Crippen LogP contribution in [0.2, 0.25) is 0 Å². The zero-order valence-corrected chi connectivity index (χ0v) is 11.9. The van der Waals surface area contributed by atoms with Gasteiger partial charge in [0.1, 0.15) is 11.5 Å². The number of alkyl halides is 3. The van der Waals surface area contributed by atoms with E-state index in [0.29, 0.717) is 12.4 Å². The molecule has 0 aliphatic carbocycles. The molecule has 0 radical (unpaired) electrons. The van der Waals surface area contributed by atoms with Gasteiger partial charge in [-0.15, -0.1) is 13.2 Å². The van der Waals surface area contributed by atoms with Gasteiger partial charge in [0.25, 0.3) is 0 Å². The Morgan fingerprint density at radius 1 is 0.905 bits per heavy atom. The van der Waals surface area contributed by atoms with Crippen molar-refractivity contribution < 1.29 is 27.8 Å². The highest BCUT2D eigenvalue weighted by Gasteiger charge is 2.31. The van der Waals surface area contributed by atoms with Crippen LogP contribution in [0.25, 0.3) is 0 Å². The van der Waals surface area contributed by atoms with Crippen LogP contribution in [0.4, 0.5) is 13.2 Å². The summed E-state index contributed by atoms with van der Waals surface area (Å²) in [6.45, 7) is 0.703. The van der Waals surface area contributed by atoms with Crippen molar-refractivity contribution in [2.75, 3.05) is 13.2 Å². The van der Waals surface area contributed by atoms with Crippen LogP contribution in [-0.4, -0.2) is 24.7 Å². The third-order valence-corrected chi connectivity index (χ3v) is 2.86. The van der Waals surface area contributed by atoms with Gasteiger partial charge in [0.15, 0.2) is 0 Å². The second-order valence-corrected chi connectivity index (χ2v) is 4.72. The molecule has 1 N–H and O–H groups in total. The summed E-state index contributed by atoms with van der Waals surface area (Å²) in [6.07, 6.45) is 1.17. The minimum atomic E-state index is -4.69. The molecule has 1 aromatic rings. The van der Waals surface area contributed by atoms with Gasteiger partial charge in [0.2, 0.25) is 0 Å². The van der Waals surface area contributed by atoms with Crippen LogP contribution in [-0.2, 0) is 0 Å². The van der Waals surface area contributed by atoms with E-state index in [1.165, 1.54) is 18.2 Å². The quantitative estimate of drug-likeness (QED) is 0.655. The van der Waals surface area contributed by atoms with Crippen molar-refractivity contribution in [2.24, 2.45) is 0 Å². The van der Waals surface area contributed by atoms with Crippen LogP contribution in [0, 0.1) is 0 Å². The summed E-state index contributed by atoms with van der Waals surface area (Å²) in [4.78, 5) is 0. The number of halogens is 3. The molecule has 0 atom stereocenters. The van der Waals surface area contributed by atoms with Gasteiger partial charge in [-0.3, -0.25) is 0 Å². The van der Waals surface area contributed by atoms with E-state index in [1.54, 1.807) is 6.07 Å². The Balaban J connectivity index is 2.19. The topological polar surface area (TPSA) is 38.7 Å². The first-order valence-corrected chi connectivity index (χ1v) is 7.11. The fourth-order valence-electron chi connectivity index (χ4n) is 1.87. The average Bonchev–Trinajstić information content (AvgIpc) is 2.40. The molecular formula is C15H21F3O3. The molecule has 0 heterocycles. The maximum absolute atomic E-state index is 12.1. The van der Waals surface area contributed by atoms with Crippen molar-refractivity contribution >= 4 is 0 Å². The first-order chi connectivity index (χ1) is 10.0. The predicted molar refractivity (Wildman–Crippen MR) is 73.4 cm³/mol. The van der Waals surface area contributed by atoms with Crippen molar-refractivity contribution in [2.45, 2.75) is 44.9 Å². The number of ether oxygens (including phenoxy) is 2. The molecule has 0 saturated carbocycles. The third-order valence-electron chi connectivity index (χ3n) is 2.86. The van der Waals surface area contributed by atoms with Crippen LogP contribution in [0.1, 0.15) is 38.5 Å². The Bertz CT molecular complexity index is 394. The normalized spacial score (nSPS) is 11.4.